The molecule has 1 amide bonds. The Morgan fingerprint density at radius 3 is 2.76 bits per heavy atom. The van der Waals surface area contributed by atoms with Gasteiger partial charge in [0.1, 0.15) is 0 Å². The number of carbonyl (C=O) groups excluding carboxylic acids is 1. The highest BCUT2D eigenvalue weighted by molar-refractivity contribution is 5.87. The van der Waals surface area contributed by atoms with Crippen molar-refractivity contribution in [3.63, 3.8) is 0 Å². The molecule has 0 bridgehead atoms. The Morgan fingerprint density at radius 1 is 1.53 bits per heavy atom. The normalized spacial score (nSPS) is 29.9. The van der Waals surface area contributed by atoms with E-state index in [-0.39, 0.29) is 24.1 Å². The molecule has 4 unspecified atom stereocenters. The fraction of sp³-hybridized carbons (Fsp3) is 0.769. The highest BCUT2D eigenvalue weighted by Crippen LogP contribution is 2.21. The molecule has 0 aromatic carbocycles. The minimum Gasteiger partial charge on any atom is -0.393 e. The molecule has 0 aromatic heterocycles. The van der Waals surface area contributed by atoms with E-state index in [4.69, 9.17) is 0 Å². The quantitative estimate of drug-likeness (QED) is 0.606. The van der Waals surface area contributed by atoms with Crippen molar-refractivity contribution in [3.8, 4) is 0 Å². The van der Waals surface area contributed by atoms with Gasteiger partial charge in [0.2, 0.25) is 5.91 Å². The number of rotatable bonds is 6. The van der Waals surface area contributed by atoms with Gasteiger partial charge in [-0.25, -0.2) is 0 Å². The van der Waals surface area contributed by atoms with Crippen molar-refractivity contribution in [1.29, 1.82) is 0 Å². The van der Waals surface area contributed by atoms with E-state index < -0.39 is 0 Å². The van der Waals surface area contributed by atoms with Crippen molar-refractivity contribution in [2.75, 3.05) is 0 Å². The van der Waals surface area contributed by atoms with Gasteiger partial charge in [-0.05, 0) is 32.3 Å². The van der Waals surface area contributed by atoms with Crippen LogP contribution in [0.1, 0.15) is 39.5 Å². The predicted octanol–water partition coefficient (Wildman–Crippen LogP) is 0.959. The van der Waals surface area contributed by atoms with E-state index >= 15 is 0 Å². The molecule has 0 radical (unpaired) electrons. The van der Waals surface area contributed by atoms with Crippen molar-refractivity contribution >= 4 is 5.91 Å². The standard InChI is InChI=1S/C13H24N2O2/c1-4-6-9(3)14-11-7-10(16)8-12(11)15-13(17)5-2/h5,9-12,14,16H,2,4,6-8H2,1,3H3,(H,15,17). The van der Waals surface area contributed by atoms with Crippen LogP contribution in [0.2, 0.25) is 0 Å². The Morgan fingerprint density at radius 2 is 2.18 bits per heavy atom. The SMILES string of the molecule is C=CC(=O)NC1CC(O)CC1NC(C)CCC. The average Bonchev–Trinajstić information content (AvgIpc) is 2.59. The first-order valence-electron chi connectivity index (χ1n) is 6.43. The van der Waals surface area contributed by atoms with Crippen molar-refractivity contribution in [2.45, 2.75) is 63.8 Å². The molecule has 3 N–H and O–H groups in total. The van der Waals surface area contributed by atoms with Crippen LogP contribution in [0.3, 0.4) is 0 Å². The van der Waals surface area contributed by atoms with Gasteiger partial charge in [-0.3, -0.25) is 4.79 Å². The van der Waals surface area contributed by atoms with Crippen LogP contribution in [0.4, 0.5) is 0 Å². The van der Waals surface area contributed by atoms with Crippen molar-refractivity contribution in [3.05, 3.63) is 12.7 Å². The fourth-order valence-electron chi connectivity index (χ4n) is 2.48. The summed E-state index contributed by atoms with van der Waals surface area (Å²) in [5, 5.41) is 16.0. The lowest BCUT2D eigenvalue weighted by molar-refractivity contribution is -0.117. The van der Waals surface area contributed by atoms with Gasteiger partial charge in [0, 0.05) is 18.1 Å². The summed E-state index contributed by atoms with van der Waals surface area (Å²) in [6.45, 7) is 7.73. The molecule has 98 valence electrons. The van der Waals surface area contributed by atoms with E-state index in [1.54, 1.807) is 0 Å². The fourth-order valence-corrected chi connectivity index (χ4v) is 2.48. The zero-order valence-corrected chi connectivity index (χ0v) is 10.8. The second-order valence-electron chi connectivity index (χ2n) is 4.91. The topological polar surface area (TPSA) is 61.4 Å². The number of nitrogens with one attached hydrogen (secondary N) is 2. The lowest BCUT2D eigenvalue weighted by atomic mass is 10.1. The van der Waals surface area contributed by atoms with Crippen LogP contribution in [0.15, 0.2) is 12.7 Å². The van der Waals surface area contributed by atoms with Crippen LogP contribution in [-0.4, -0.2) is 35.2 Å². The average molecular weight is 240 g/mol. The number of carbonyl (C=O) groups is 1. The predicted molar refractivity (Wildman–Crippen MR) is 68.7 cm³/mol. The molecule has 4 atom stereocenters. The maximum Gasteiger partial charge on any atom is 0.243 e. The Hall–Kier alpha value is -0.870. The van der Waals surface area contributed by atoms with Crippen LogP contribution >= 0.6 is 0 Å². The Bertz CT molecular complexity index is 268. The highest BCUT2D eigenvalue weighted by Gasteiger charge is 2.34. The van der Waals surface area contributed by atoms with E-state index in [2.05, 4.69) is 31.1 Å². The molecule has 0 heterocycles. The first kappa shape index (κ1) is 14.2. The van der Waals surface area contributed by atoms with Crippen molar-refractivity contribution in [2.24, 2.45) is 0 Å². The summed E-state index contributed by atoms with van der Waals surface area (Å²) in [6.07, 6.45) is 4.52. The molecule has 4 nitrogen and oxygen atoms in total. The van der Waals surface area contributed by atoms with E-state index in [9.17, 15) is 9.90 Å². The second kappa shape index (κ2) is 6.77. The van der Waals surface area contributed by atoms with Gasteiger partial charge < -0.3 is 15.7 Å². The summed E-state index contributed by atoms with van der Waals surface area (Å²) in [4.78, 5) is 11.3. The zero-order chi connectivity index (χ0) is 12.8. The van der Waals surface area contributed by atoms with E-state index in [0.717, 1.165) is 12.8 Å². The highest BCUT2D eigenvalue weighted by atomic mass is 16.3. The minimum atomic E-state index is -0.323. The summed E-state index contributed by atoms with van der Waals surface area (Å²) < 4.78 is 0. The molecule has 1 fully saturated rings. The lowest BCUT2D eigenvalue weighted by Crippen LogP contribution is -2.48. The van der Waals surface area contributed by atoms with Gasteiger partial charge in [0.25, 0.3) is 0 Å². The Balaban J connectivity index is 2.49. The van der Waals surface area contributed by atoms with Crippen LogP contribution < -0.4 is 10.6 Å². The van der Waals surface area contributed by atoms with Crippen LogP contribution in [0.25, 0.3) is 0 Å². The molecule has 1 aliphatic rings. The van der Waals surface area contributed by atoms with Crippen LogP contribution in [-0.2, 0) is 4.79 Å². The molecule has 0 aliphatic heterocycles. The molecule has 1 saturated carbocycles. The van der Waals surface area contributed by atoms with Gasteiger partial charge >= 0.3 is 0 Å². The maximum atomic E-state index is 11.3. The van der Waals surface area contributed by atoms with Crippen molar-refractivity contribution < 1.29 is 9.90 Å². The Kier molecular flexibility index (Phi) is 5.65. The molecule has 0 spiro atoms. The number of hydrogen-bond donors (Lipinski definition) is 3. The molecule has 4 heteroatoms. The molecule has 1 rings (SSSR count). The molecule has 1 aliphatic carbocycles. The third-order valence-corrected chi connectivity index (χ3v) is 3.27. The van der Waals surface area contributed by atoms with E-state index in [1.165, 1.54) is 6.08 Å². The first-order valence-corrected chi connectivity index (χ1v) is 6.43. The minimum absolute atomic E-state index is 0.00908. The van der Waals surface area contributed by atoms with Gasteiger partial charge in [0.05, 0.1) is 6.10 Å². The molecular formula is C13H24N2O2. The van der Waals surface area contributed by atoms with Gasteiger partial charge in [0.15, 0.2) is 0 Å². The summed E-state index contributed by atoms with van der Waals surface area (Å²) in [5.41, 5.74) is 0. The molecule has 17 heavy (non-hydrogen) atoms. The van der Waals surface area contributed by atoms with Gasteiger partial charge in [-0.2, -0.15) is 0 Å². The van der Waals surface area contributed by atoms with Gasteiger partial charge in [-0.15, -0.1) is 0 Å². The third kappa shape index (κ3) is 4.48. The van der Waals surface area contributed by atoms with Crippen LogP contribution in [0, 0.1) is 0 Å². The number of aliphatic hydroxyl groups is 1. The van der Waals surface area contributed by atoms with Gasteiger partial charge in [-0.1, -0.05) is 19.9 Å². The van der Waals surface area contributed by atoms with Crippen molar-refractivity contribution in [1.82, 2.24) is 10.6 Å². The summed E-state index contributed by atoms with van der Waals surface area (Å²) in [5.74, 6) is -0.168. The Labute approximate surface area is 103 Å². The lowest BCUT2D eigenvalue weighted by Gasteiger charge is -2.25. The largest absolute Gasteiger partial charge is 0.393 e. The first-order chi connectivity index (χ1) is 8.06. The number of hydrogen-bond acceptors (Lipinski definition) is 3. The zero-order valence-electron chi connectivity index (χ0n) is 10.8. The summed E-state index contributed by atoms with van der Waals surface area (Å²) in [6, 6.07) is 0.587. The van der Waals surface area contributed by atoms with E-state index in [1.807, 2.05) is 0 Å². The molecular weight excluding hydrogens is 216 g/mol. The van der Waals surface area contributed by atoms with Crippen LogP contribution in [0.5, 0.6) is 0 Å². The van der Waals surface area contributed by atoms with E-state index in [0.29, 0.717) is 18.9 Å². The molecule has 0 aromatic rings. The monoisotopic (exact) mass is 240 g/mol. The second-order valence-corrected chi connectivity index (χ2v) is 4.91. The smallest absolute Gasteiger partial charge is 0.243 e. The summed E-state index contributed by atoms with van der Waals surface area (Å²) >= 11 is 0. The summed E-state index contributed by atoms with van der Waals surface area (Å²) in [7, 11) is 0. The third-order valence-electron chi connectivity index (χ3n) is 3.27. The molecule has 0 saturated heterocycles. The number of aliphatic hydroxyl groups excluding tert-OH is 1. The maximum absolute atomic E-state index is 11.3. The number of amides is 1.